The van der Waals surface area contributed by atoms with Crippen LogP contribution in [0.25, 0.3) is 42.3 Å². The molecule has 7 rings (SSSR count). The molecular formula is C33H32N2O6S. The molecule has 0 aliphatic carbocycles. The molecule has 2 aliphatic rings. The van der Waals surface area contributed by atoms with Crippen molar-refractivity contribution in [2.45, 2.75) is 26.1 Å². The van der Waals surface area contributed by atoms with Crippen molar-refractivity contribution in [2.24, 2.45) is 0 Å². The van der Waals surface area contributed by atoms with Gasteiger partial charge in [0.1, 0.15) is 11.3 Å². The molecule has 2 fully saturated rings. The van der Waals surface area contributed by atoms with Gasteiger partial charge in [-0.25, -0.2) is 0 Å². The van der Waals surface area contributed by atoms with Crippen molar-refractivity contribution >= 4 is 54.3 Å². The number of anilines is 1. The lowest BCUT2D eigenvalue weighted by molar-refractivity contribution is -0.145. The molecule has 2 aromatic heterocycles. The molecule has 2 atom stereocenters. The maximum absolute atomic E-state index is 13.2. The maximum atomic E-state index is 13.2. The van der Waals surface area contributed by atoms with E-state index in [2.05, 4.69) is 17.0 Å². The van der Waals surface area contributed by atoms with E-state index < -0.39 is 0 Å². The third kappa shape index (κ3) is 4.91. The fourth-order valence-electron chi connectivity index (χ4n) is 6.06. The van der Waals surface area contributed by atoms with Crippen LogP contribution in [0.15, 0.2) is 69.9 Å². The summed E-state index contributed by atoms with van der Waals surface area (Å²) < 4.78 is 26.1. The number of carbonyl (C=O) groups excluding carboxylic acids is 1. The molecule has 1 amide bonds. The van der Waals surface area contributed by atoms with Gasteiger partial charge in [0, 0.05) is 63.5 Å². The first kappa shape index (κ1) is 26.9. The zero-order valence-electron chi connectivity index (χ0n) is 23.6. The van der Waals surface area contributed by atoms with Crippen LogP contribution in [0.3, 0.4) is 0 Å². The lowest BCUT2D eigenvalue weighted by atomic mass is 10.00. The molecule has 0 unspecified atom stereocenters. The van der Waals surface area contributed by atoms with Gasteiger partial charge in [0.05, 0.1) is 30.8 Å². The van der Waals surface area contributed by atoms with Crippen LogP contribution < -0.4 is 15.1 Å². The standard InChI is InChI=1S/C33H32N2O6S/c1-20-17-35(18-21(2)40-20)29(37)19-39-27-11-10-23(33-31(27)25-6-3-4-9-28(25)42-33)22-7-5-8-24-26(36)16-30(41-32(22)24)34-12-14-38-15-13-34/h3-11,16,20-21H,12-15,17-19H2,1-2H3/t20-,21+. The molecule has 5 aromatic rings. The van der Waals surface area contributed by atoms with Gasteiger partial charge in [-0.15, -0.1) is 11.3 Å². The Morgan fingerprint density at radius 2 is 1.71 bits per heavy atom. The van der Waals surface area contributed by atoms with E-state index in [9.17, 15) is 9.59 Å². The first-order valence-electron chi connectivity index (χ1n) is 14.4. The monoisotopic (exact) mass is 584 g/mol. The molecule has 0 spiro atoms. The minimum atomic E-state index is -0.0719. The Balaban J connectivity index is 1.31. The van der Waals surface area contributed by atoms with Crippen molar-refractivity contribution in [1.82, 2.24) is 4.90 Å². The Bertz CT molecular complexity index is 1850. The lowest BCUT2D eigenvalue weighted by Crippen LogP contribution is -2.49. The van der Waals surface area contributed by atoms with Crippen molar-refractivity contribution < 1.29 is 23.4 Å². The van der Waals surface area contributed by atoms with E-state index in [1.54, 1.807) is 17.4 Å². The molecule has 9 heteroatoms. The smallest absolute Gasteiger partial charge is 0.260 e. The van der Waals surface area contributed by atoms with E-state index >= 15 is 0 Å². The summed E-state index contributed by atoms with van der Waals surface area (Å²) in [5.41, 5.74) is 2.28. The quantitative estimate of drug-likeness (QED) is 0.263. The third-order valence-electron chi connectivity index (χ3n) is 7.97. The number of para-hydroxylation sites is 1. The van der Waals surface area contributed by atoms with Gasteiger partial charge < -0.3 is 28.4 Å². The van der Waals surface area contributed by atoms with Gasteiger partial charge in [0.25, 0.3) is 5.91 Å². The van der Waals surface area contributed by atoms with Gasteiger partial charge in [0.2, 0.25) is 0 Å². The number of hydrogen-bond acceptors (Lipinski definition) is 8. The summed E-state index contributed by atoms with van der Waals surface area (Å²) in [5.74, 6) is 1.16. The second kappa shape index (κ2) is 11.1. The number of ether oxygens (including phenoxy) is 3. The number of thiophene rings is 1. The molecule has 0 bridgehead atoms. The van der Waals surface area contributed by atoms with Gasteiger partial charge in [-0.05, 0) is 38.1 Å². The molecule has 0 N–H and O–H groups in total. The number of carbonyl (C=O) groups is 1. The van der Waals surface area contributed by atoms with Crippen LogP contribution in [0.4, 0.5) is 5.88 Å². The Labute approximate surface area is 247 Å². The fourth-order valence-corrected chi connectivity index (χ4v) is 7.31. The van der Waals surface area contributed by atoms with Crippen LogP contribution >= 0.6 is 11.3 Å². The topological polar surface area (TPSA) is 81.5 Å². The predicted octanol–water partition coefficient (Wildman–Crippen LogP) is 5.68. The van der Waals surface area contributed by atoms with Crippen molar-refractivity contribution in [3.05, 3.63) is 70.9 Å². The van der Waals surface area contributed by atoms with E-state index in [0.717, 1.165) is 31.3 Å². The van der Waals surface area contributed by atoms with Crippen LogP contribution in [0.5, 0.6) is 5.75 Å². The normalized spacial score (nSPS) is 19.6. The molecule has 8 nitrogen and oxygen atoms in total. The van der Waals surface area contributed by atoms with Crippen molar-refractivity contribution in [2.75, 3.05) is 50.9 Å². The number of morpholine rings is 2. The first-order chi connectivity index (χ1) is 20.5. The van der Waals surface area contributed by atoms with Crippen LogP contribution in [-0.4, -0.2) is 69.0 Å². The summed E-state index contributed by atoms with van der Waals surface area (Å²) in [6, 6.07) is 19.4. The highest BCUT2D eigenvalue weighted by Gasteiger charge is 2.27. The molecule has 0 radical (unpaired) electrons. The van der Waals surface area contributed by atoms with Crippen LogP contribution in [0, 0.1) is 0 Å². The summed E-state index contributed by atoms with van der Waals surface area (Å²) in [7, 11) is 0. The molecular weight excluding hydrogens is 552 g/mol. The lowest BCUT2D eigenvalue weighted by Gasteiger charge is -2.35. The minimum Gasteiger partial charge on any atom is -0.483 e. The van der Waals surface area contributed by atoms with E-state index in [-0.39, 0.29) is 30.2 Å². The van der Waals surface area contributed by atoms with Crippen molar-refractivity contribution in [1.29, 1.82) is 0 Å². The first-order valence-corrected chi connectivity index (χ1v) is 15.2. The summed E-state index contributed by atoms with van der Waals surface area (Å²) in [4.78, 5) is 30.2. The second-order valence-electron chi connectivity index (χ2n) is 11.0. The Hall–Kier alpha value is -3.92. The maximum Gasteiger partial charge on any atom is 0.260 e. The summed E-state index contributed by atoms with van der Waals surface area (Å²) >= 11 is 1.67. The average molecular weight is 585 g/mol. The summed E-state index contributed by atoms with van der Waals surface area (Å²) in [5, 5.41) is 2.55. The van der Waals surface area contributed by atoms with Gasteiger partial charge in [-0.2, -0.15) is 0 Å². The molecule has 0 saturated carbocycles. The highest BCUT2D eigenvalue weighted by molar-refractivity contribution is 7.26. The van der Waals surface area contributed by atoms with E-state index in [4.69, 9.17) is 18.6 Å². The van der Waals surface area contributed by atoms with Crippen LogP contribution in [0.2, 0.25) is 0 Å². The molecule has 2 aliphatic heterocycles. The number of benzene rings is 3. The number of amides is 1. The van der Waals surface area contributed by atoms with Gasteiger partial charge in [-0.1, -0.05) is 30.3 Å². The summed E-state index contributed by atoms with van der Waals surface area (Å²) in [6.07, 6.45) is -0.0111. The van der Waals surface area contributed by atoms with Crippen molar-refractivity contribution in [3.63, 3.8) is 0 Å². The SMILES string of the molecule is C[C@@H]1CN(C(=O)COc2ccc(-c3cccc4c(=O)cc(N5CCOCC5)oc34)c3sc4ccccc4c23)C[C@H](C)O1. The molecule has 42 heavy (non-hydrogen) atoms. The zero-order chi connectivity index (χ0) is 28.8. The zero-order valence-corrected chi connectivity index (χ0v) is 24.4. The number of hydrogen-bond donors (Lipinski definition) is 0. The molecule has 2 saturated heterocycles. The third-order valence-corrected chi connectivity index (χ3v) is 9.17. The number of rotatable bonds is 5. The second-order valence-corrected chi connectivity index (χ2v) is 12.0. The Kier molecular flexibility index (Phi) is 7.09. The van der Waals surface area contributed by atoms with Gasteiger partial charge >= 0.3 is 0 Å². The van der Waals surface area contributed by atoms with Gasteiger partial charge in [0.15, 0.2) is 17.9 Å². The number of nitrogens with zero attached hydrogens (tertiary/aromatic N) is 2. The fraction of sp³-hybridized carbons (Fsp3) is 0.333. The minimum absolute atomic E-state index is 0.00554. The largest absolute Gasteiger partial charge is 0.483 e. The number of fused-ring (bicyclic) bond motifs is 4. The van der Waals surface area contributed by atoms with Crippen LogP contribution in [0.1, 0.15) is 13.8 Å². The highest BCUT2D eigenvalue weighted by Crippen LogP contribution is 2.45. The molecule has 4 heterocycles. The van der Waals surface area contributed by atoms with E-state index in [1.807, 2.05) is 61.2 Å². The Morgan fingerprint density at radius 1 is 0.952 bits per heavy atom. The van der Waals surface area contributed by atoms with Gasteiger partial charge in [-0.3, -0.25) is 9.59 Å². The molecule has 216 valence electrons. The van der Waals surface area contributed by atoms with Crippen LogP contribution in [-0.2, 0) is 14.3 Å². The van der Waals surface area contributed by atoms with Crippen molar-refractivity contribution in [3.8, 4) is 16.9 Å². The highest BCUT2D eigenvalue weighted by atomic mass is 32.1. The Morgan fingerprint density at radius 3 is 2.52 bits per heavy atom. The molecule has 3 aromatic carbocycles. The van der Waals surface area contributed by atoms with E-state index in [0.29, 0.717) is 62.0 Å². The average Bonchev–Trinajstić information content (AvgIpc) is 3.39. The summed E-state index contributed by atoms with van der Waals surface area (Å²) in [6.45, 7) is 7.56. The van der Waals surface area contributed by atoms with E-state index in [1.165, 1.54) is 0 Å². The predicted molar refractivity (Wildman–Crippen MR) is 166 cm³/mol.